The van der Waals surface area contributed by atoms with Crippen LogP contribution in [0.15, 0.2) is 29.1 Å². The van der Waals surface area contributed by atoms with Gasteiger partial charge in [0.15, 0.2) is 11.5 Å². The van der Waals surface area contributed by atoms with Gasteiger partial charge in [0.1, 0.15) is 0 Å². The first-order chi connectivity index (χ1) is 12.5. The summed E-state index contributed by atoms with van der Waals surface area (Å²) in [7, 11) is 0. The summed E-state index contributed by atoms with van der Waals surface area (Å²) in [5, 5.41) is 19.9. The van der Waals surface area contributed by atoms with E-state index in [9.17, 15) is 14.4 Å². The fraction of sp³-hybridized carbons (Fsp3) is 0.389. The quantitative estimate of drug-likeness (QED) is 0.726. The number of nitrogens with one attached hydrogen (secondary N) is 2. The van der Waals surface area contributed by atoms with E-state index in [1.807, 2.05) is 6.92 Å². The molecular formula is C18H20N4O4. The van der Waals surface area contributed by atoms with Gasteiger partial charge in [0.25, 0.3) is 5.56 Å². The van der Waals surface area contributed by atoms with Gasteiger partial charge in [-0.3, -0.25) is 9.59 Å². The van der Waals surface area contributed by atoms with Gasteiger partial charge in [-0.1, -0.05) is 25.5 Å². The third-order valence-corrected chi connectivity index (χ3v) is 4.66. The predicted octanol–water partition coefficient (Wildman–Crippen LogP) is 1.90. The zero-order valence-corrected chi connectivity index (χ0v) is 14.4. The maximum atomic E-state index is 12.4. The van der Waals surface area contributed by atoms with E-state index in [0.717, 1.165) is 19.3 Å². The summed E-state index contributed by atoms with van der Waals surface area (Å²) in [6.07, 6.45) is 3.36. The van der Waals surface area contributed by atoms with Crippen LogP contribution in [0.3, 0.4) is 0 Å². The molecular weight excluding hydrogens is 336 g/mol. The van der Waals surface area contributed by atoms with Crippen LogP contribution in [0.25, 0.3) is 11.4 Å². The van der Waals surface area contributed by atoms with Gasteiger partial charge >= 0.3 is 5.97 Å². The zero-order chi connectivity index (χ0) is 18.7. The molecule has 26 heavy (non-hydrogen) atoms. The molecule has 0 radical (unpaired) electrons. The van der Waals surface area contributed by atoms with E-state index in [4.69, 9.17) is 5.11 Å². The number of rotatable bonds is 6. The van der Waals surface area contributed by atoms with Crippen LogP contribution >= 0.6 is 0 Å². The molecule has 136 valence electrons. The van der Waals surface area contributed by atoms with Gasteiger partial charge in [-0.25, -0.2) is 4.79 Å². The summed E-state index contributed by atoms with van der Waals surface area (Å²) >= 11 is 0. The molecule has 1 aliphatic rings. The molecule has 3 N–H and O–H groups in total. The third-order valence-electron chi connectivity index (χ3n) is 4.66. The highest BCUT2D eigenvalue weighted by molar-refractivity contribution is 5.88. The zero-order valence-electron chi connectivity index (χ0n) is 14.4. The molecule has 1 aliphatic carbocycles. The predicted molar refractivity (Wildman–Crippen MR) is 93.6 cm³/mol. The minimum absolute atomic E-state index is 0.0307. The summed E-state index contributed by atoms with van der Waals surface area (Å²) in [6.45, 7) is 1.87. The molecule has 1 heterocycles. The van der Waals surface area contributed by atoms with Crippen LogP contribution in [0.2, 0.25) is 0 Å². The molecule has 1 saturated carbocycles. The van der Waals surface area contributed by atoms with E-state index in [2.05, 4.69) is 20.5 Å². The lowest BCUT2D eigenvalue weighted by atomic mass is 9.84. The van der Waals surface area contributed by atoms with Crippen LogP contribution in [-0.2, 0) is 4.79 Å². The van der Waals surface area contributed by atoms with Gasteiger partial charge in [-0.15, -0.1) is 10.2 Å². The monoisotopic (exact) mass is 356 g/mol. The highest BCUT2D eigenvalue weighted by Crippen LogP contribution is 2.27. The Bertz CT molecular complexity index is 872. The van der Waals surface area contributed by atoms with Crippen molar-refractivity contribution in [1.29, 1.82) is 0 Å². The van der Waals surface area contributed by atoms with E-state index in [1.54, 1.807) is 12.1 Å². The highest BCUT2D eigenvalue weighted by Gasteiger charge is 2.28. The standard InChI is InChI=1S/C18H20N4O4/c1-2-13(19-16(23)11-4-3-5-11)14-17(24)20-15(22-21-14)10-6-8-12(9-7-10)18(25)26/h6-9,11,13H,2-5H2,1H3,(H,19,23)(H,25,26)(H,20,22,24). The van der Waals surface area contributed by atoms with Crippen molar-refractivity contribution in [3.05, 3.63) is 45.9 Å². The summed E-state index contributed by atoms with van der Waals surface area (Å²) in [6, 6.07) is 5.48. The SMILES string of the molecule is CCC(NC(=O)C1CCC1)c1nnc(-c2ccc(C(=O)O)cc2)[nH]c1=O. The molecule has 8 heteroatoms. The first-order valence-electron chi connectivity index (χ1n) is 8.60. The normalized spacial score (nSPS) is 15.1. The number of hydrogen-bond acceptors (Lipinski definition) is 5. The average Bonchev–Trinajstić information content (AvgIpc) is 2.58. The first-order valence-corrected chi connectivity index (χ1v) is 8.60. The smallest absolute Gasteiger partial charge is 0.335 e. The maximum absolute atomic E-state index is 12.4. The van der Waals surface area contributed by atoms with Crippen LogP contribution in [-0.4, -0.2) is 32.2 Å². The Kier molecular flexibility index (Phi) is 5.11. The Labute approximate surface area is 149 Å². The fourth-order valence-electron chi connectivity index (χ4n) is 2.80. The second-order valence-corrected chi connectivity index (χ2v) is 6.37. The van der Waals surface area contributed by atoms with Crippen molar-refractivity contribution in [3.8, 4) is 11.4 Å². The van der Waals surface area contributed by atoms with E-state index < -0.39 is 17.6 Å². The second-order valence-electron chi connectivity index (χ2n) is 6.37. The third kappa shape index (κ3) is 3.63. The number of nitrogens with zero attached hydrogens (tertiary/aromatic N) is 2. The van der Waals surface area contributed by atoms with Crippen molar-refractivity contribution in [2.24, 2.45) is 5.92 Å². The molecule has 0 saturated heterocycles. The number of benzene rings is 1. The van der Waals surface area contributed by atoms with Gasteiger partial charge in [0.05, 0.1) is 11.6 Å². The number of carbonyl (C=O) groups excluding carboxylic acids is 1. The molecule has 1 atom stereocenters. The molecule has 1 fully saturated rings. The van der Waals surface area contributed by atoms with Crippen molar-refractivity contribution in [2.45, 2.75) is 38.6 Å². The van der Waals surface area contributed by atoms with Crippen molar-refractivity contribution >= 4 is 11.9 Å². The van der Waals surface area contributed by atoms with E-state index in [0.29, 0.717) is 12.0 Å². The number of carboxylic acid groups (broad SMARTS) is 1. The van der Waals surface area contributed by atoms with Gasteiger partial charge in [-0.05, 0) is 31.4 Å². The molecule has 0 aliphatic heterocycles. The molecule has 2 aromatic rings. The summed E-state index contributed by atoms with van der Waals surface area (Å²) in [4.78, 5) is 38.1. The molecule has 1 aromatic heterocycles. The largest absolute Gasteiger partial charge is 0.478 e. The average molecular weight is 356 g/mol. The topological polar surface area (TPSA) is 125 Å². The van der Waals surface area contributed by atoms with Crippen molar-refractivity contribution < 1.29 is 14.7 Å². The molecule has 8 nitrogen and oxygen atoms in total. The molecule has 3 rings (SSSR count). The number of carbonyl (C=O) groups is 2. The van der Waals surface area contributed by atoms with Gasteiger partial charge in [-0.2, -0.15) is 0 Å². The van der Waals surface area contributed by atoms with Crippen LogP contribution in [0.4, 0.5) is 0 Å². The minimum atomic E-state index is -1.03. The van der Waals surface area contributed by atoms with Gasteiger partial charge in [0.2, 0.25) is 5.91 Å². The Hall–Kier alpha value is -3.03. The Balaban J connectivity index is 1.80. The molecule has 0 spiro atoms. The maximum Gasteiger partial charge on any atom is 0.335 e. The Morgan fingerprint density at radius 3 is 2.46 bits per heavy atom. The van der Waals surface area contributed by atoms with Gasteiger partial charge < -0.3 is 15.4 Å². The highest BCUT2D eigenvalue weighted by atomic mass is 16.4. The Morgan fingerprint density at radius 1 is 1.27 bits per heavy atom. The van der Waals surface area contributed by atoms with Crippen molar-refractivity contribution in [2.75, 3.05) is 0 Å². The van der Waals surface area contributed by atoms with Crippen LogP contribution in [0.5, 0.6) is 0 Å². The lowest BCUT2D eigenvalue weighted by Crippen LogP contribution is -2.39. The lowest BCUT2D eigenvalue weighted by molar-refractivity contribution is -0.128. The second kappa shape index (κ2) is 7.47. The summed E-state index contributed by atoms with van der Waals surface area (Å²) < 4.78 is 0. The minimum Gasteiger partial charge on any atom is -0.478 e. The van der Waals surface area contributed by atoms with Crippen LogP contribution in [0.1, 0.15) is 54.7 Å². The van der Waals surface area contributed by atoms with E-state index in [1.165, 1.54) is 12.1 Å². The Morgan fingerprint density at radius 2 is 1.96 bits per heavy atom. The van der Waals surface area contributed by atoms with Crippen molar-refractivity contribution in [1.82, 2.24) is 20.5 Å². The van der Waals surface area contributed by atoms with E-state index >= 15 is 0 Å². The van der Waals surface area contributed by atoms with Gasteiger partial charge in [0, 0.05) is 11.5 Å². The van der Waals surface area contributed by atoms with Crippen LogP contribution in [0, 0.1) is 5.92 Å². The summed E-state index contributed by atoms with van der Waals surface area (Å²) in [5.41, 5.74) is 0.451. The number of aromatic carboxylic acids is 1. The number of hydrogen-bond donors (Lipinski definition) is 3. The number of aromatic nitrogens is 3. The number of aromatic amines is 1. The molecule has 1 unspecified atom stereocenters. The first kappa shape index (κ1) is 17.8. The van der Waals surface area contributed by atoms with Crippen molar-refractivity contribution in [3.63, 3.8) is 0 Å². The number of amides is 1. The number of H-pyrrole nitrogens is 1. The van der Waals surface area contributed by atoms with Crippen LogP contribution < -0.4 is 10.9 Å². The number of carboxylic acids is 1. The fourth-order valence-corrected chi connectivity index (χ4v) is 2.80. The molecule has 0 bridgehead atoms. The lowest BCUT2D eigenvalue weighted by Gasteiger charge is -2.26. The molecule has 1 aromatic carbocycles. The summed E-state index contributed by atoms with van der Waals surface area (Å²) in [5.74, 6) is -0.795. The van der Waals surface area contributed by atoms with E-state index in [-0.39, 0.29) is 28.9 Å². The molecule has 1 amide bonds.